The monoisotopic (exact) mass is 459 g/mol. The molecule has 0 saturated carbocycles. The molecular formula is C20H37N5O5S. The van der Waals surface area contributed by atoms with Crippen molar-refractivity contribution in [2.24, 2.45) is 5.92 Å². The van der Waals surface area contributed by atoms with Crippen LogP contribution in [0, 0.1) is 5.92 Å². The van der Waals surface area contributed by atoms with Crippen LogP contribution in [0.2, 0.25) is 0 Å². The van der Waals surface area contributed by atoms with E-state index in [2.05, 4.69) is 40.1 Å². The first-order chi connectivity index (χ1) is 14.6. The molecule has 1 fully saturated rings. The Kier molecular flexibility index (Phi) is 18.3. The zero-order chi connectivity index (χ0) is 24.4. The molecule has 1 aliphatic heterocycles. The van der Waals surface area contributed by atoms with Gasteiger partial charge in [0.25, 0.3) is 5.91 Å². The number of rotatable bonds is 11. The van der Waals surface area contributed by atoms with Crippen molar-refractivity contribution < 1.29 is 24.0 Å². The number of likely N-dealkylation sites (N-methyl/N-ethyl adjacent to an activating group) is 1. The number of urea groups is 1. The number of carbonyl (C=O) groups excluding carboxylic acids is 5. The quantitative estimate of drug-likeness (QED) is 0.132. The molecule has 0 spiro atoms. The second-order valence-corrected chi connectivity index (χ2v) is 7.43. The molecule has 4 N–H and O–H groups in total. The minimum Gasteiger partial charge on any atom is -0.348 e. The summed E-state index contributed by atoms with van der Waals surface area (Å²) in [5.41, 5.74) is 0. The normalized spacial score (nSPS) is 16.4. The Morgan fingerprint density at radius 2 is 1.97 bits per heavy atom. The van der Waals surface area contributed by atoms with Gasteiger partial charge in [-0.1, -0.05) is 46.1 Å². The van der Waals surface area contributed by atoms with Crippen LogP contribution in [-0.2, 0) is 19.2 Å². The topological polar surface area (TPSA) is 137 Å². The fourth-order valence-corrected chi connectivity index (χ4v) is 2.46. The highest BCUT2D eigenvalue weighted by Gasteiger charge is 2.23. The first-order valence-electron chi connectivity index (χ1n) is 10.1. The molecule has 0 aliphatic carbocycles. The van der Waals surface area contributed by atoms with E-state index in [9.17, 15) is 24.0 Å². The van der Waals surface area contributed by atoms with Crippen LogP contribution in [0.1, 0.15) is 40.5 Å². The average Bonchev–Trinajstić information content (AvgIpc) is 3.03. The van der Waals surface area contributed by atoms with Crippen LogP contribution in [0.4, 0.5) is 4.79 Å². The number of hydrogen-bond acceptors (Lipinski definition) is 7. The molecule has 0 radical (unpaired) electrons. The highest BCUT2D eigenvalue weighted by molar-refractivity contribution is 7.78. The number of carbonyl (C=O) groups is 5. The molecule has 3 atom stereocenters. The molecule has 31 heavy (non-hydrogen) atoms. The van der Waals surface area contributed by atoms with E-state index in [-0.39, 0.29) is 18.6 Å². The van der Waals surface area contributed by atoms with Crippen molar-refractivity contribution in [1.82, 2.24) is 25.6 Å². The highest BCUT2D eigenvalue weighted by Crippen LogP contribution is 2.00. The molecular weight excluding hydrogens is 422 g/mol. The van der Waals surface area contributed by atoms with E-state index in [4.69, 9.17) is 0 Å². The number of nitrogens with zero attached hydrogens (tertiary/aromatic N) is 1. The molecule has 0 aromatic heterocycles. The zero-order valence-corrected chi connectivity index (χ0v) is 19.9. The lowest BCUT2D eigenvalue weighted by atomic mass is 10.1. The van der Waals surface area contributed by atoms with E-state index in [1.807, 2.05) is 27.7 Å². The fourth-order valence-electron chi connectivity index (χ4n) is 2.10. The maximum absolute atomic E-state index is 11.5. The van der Waals surface area contributed by atoms with Crippen LogP contribution in [-0.4, -0.2) is 73.6 Å². The summed E-state index contributed by atoms with van der Waals surface area (Å²) in [6.45, 7) is 12.2. The van der Waals surface area contributed by atoms with E-state index < -0.39 is 17.7 Å². The summed E-state index contributed by atoms with van der Waals surface area (Å²) in [5.74, 6) is -0.987. The second kappa shape index (κ2) is 18.4. The molecule has 0 aromatic carbocycles. The molecule has 1 aliphatic rings. The Hall–Kier alpha value is -2.40. The van der Waals surface area contributed by atoms with Crippen LogP contribution >= 0.6 is 12.8 Å². The smallest absolute Gasteiger partial charge is 0.317 e. The van der Waals surface area contributed by atoms with Crippen LogP contribution in [0.15, 0.2) is 12.7 Å². The summed E-state index contributed by atoms with van der Waals surface area (Å²) in [4.78, 5) is 55.3. The Morgan fingerprint density at radius 1 is 1.35 bits per heavy atom. The molecule has 1 heterocycles. The van der Waals surface area contributed by atoms with Crippen molar-refractivity contribution in [3.05, 3.63) is 12.7 Å². The van der Waals surface area contributed by atoms with Crippen molar-refractivity contribution in [3.8, 4) is 0 Å². The third-order valence-corrected chi connectivity index (χ3v) is 4.64. The SMILES string of the molecule is C=CCNC(=O)C(=O)C(CCC)NC=O.CC(C)C(C=O)NS.CC1CNC(=O)N1C. The molecule has 1 saturated heterocycles. The van der Waals surface area contributed by atoms with E-state index in [0.29, 0.717) is 31.2 Å². The fraction of sp³-hybridized carbons (Fsp3) is 0.650. The van der Waals surface area contributed by atoms with E-state index in [1.54, 1.807) is 11.9 Å². The van der Waals surface area contributed by atoms with Crippen LogP contribution < -0.4 is 20.7 Å². The molecule has 3 unspecified atom stereocenters. The molecule has 178 valence electrons. The minimum absolute atomic E-state index is 0.0394. The van der Waals surface area contributed by atoms with Gasteiger partial charge in [0.05, 0.1) is 12.1 Å². The number of ketones is 1. The van der Waals surface area contributed by atoms with Crippen molar-refractivity contribution in [2.75, 3.05) is 20.1 Å². The third kappa shape index (κ3) is 13.5. The number of hydrogen-bond donors (Lipinski definition) is 5. The third-order valence-electron chi connectivity index (χ3n) is 4.34. The Labute approximate surface area is 190 Å². The van der Waals surface area contributed by atoms with Gasteiger partial charge in [-0.05, 0) is 19.3 Å². The van der Waals surface area contributed by atoms with Crippen molar-refractivity contribution in [3.63, 3.8) is 0 Å². The lowest BCUT2D eigenvalue weighted by molar-refractivity contribution is -0.139. The van der Waals surface area contributed by atoms with Gasteiger partial charge in [-0.3, -0.25) is 19.1 Å². The lowest BCUT2D eigenvalue weighted by Crippen LogP contribution is -2.44. The van der Waals surface area contributed by atoms with Crippen molar-refractivity contribution in [2.45, 2.75) is 58.7 Å². The van der Waals surface area contributed by atoms with Gasteiger partial charge in [0, 0.05) is 26.2 Å². The van der Waals surface area contributed by atoms with Crippen molar-refractivity contribution in [1.29, 1.82) is 0 Å². The zero-order valence-electron chi connectivity index (χ0n) is 19.0. The maximum Gasteiger partial charge on any atom is 0.317 e. The summed E-state index contributed by atoms with van der Waals surface area (Å²) < 4.78 is 2.58. The predicted molar refractivity (Wildman–Crippen MR) is 124 cm³/mol. The number of thiol groups is 1. The number of Topliss-reactive ketones (excluding diaryl/α,β-unsaturated/α-hetero) is 1. The number of aldehydes is 1. The summed E-state index contributed by atoms with van der Waals surface area (Å²) in [7, 11) is 1.80. The Bertz CT molecular complexity index is 588. The van der Waals surface area contributed by atoms with Gasteiger partial charge >= 0.3 is 6.03 Å². The molecule has 4 amide bonds. The average molecular weight is 460 g/mol. The van der Waals surface area contributed by atoms with Gasteiger partial charge in [-0.2, -0.15) is 0 Å². The Balaban J connectivity index is 0. The molecule has 1 rings (SSSR count). The number of amides is 4. The van der Waals surface area contributed by atoms with Crippen molar-refractivity contribution >= 4 is 43.2 Å². The molecule has 0 aromatic rings. The summed E-state index contributed by atoms with van der Waals surface area (Å²) >= 11 is 3.75. The van der Waals surface area contributed by atoms with Gasteiger partial charge in [0.2, 0.25) is 12.2 Å². The van der Waals surface area contributed by atoms with E-state index in [0.717, 1.165) is 12.8 Å². The van der Waals surface area contributed by atoms with Gasteiger partial charge in [0.1, 0.15) is 6.29 Å². The summed E-state index contributed by atoms with van der Waals surface area (Å²) in [6.07, 6.45) is 3.94. The maximum atomic E-state index is 11.5. The molecule has 11 heteroatoms. The van der Waals surface area contributed by atoms with Crippen LogP contribution in [0.3, 0.4) is 0 Å². The van der Waals surface area contributed by atoms with E-state index in [1.165, 1.54) is 6.08 Å². The summed E-state index contributed by atoms with van der Waals surface area (Å²) in [6, 6.07) is -0.435. The number of nitrogens with one attached hydrogen (secondary N) is 4. The highest BCUT2D eigenvalue weighted by atomic mass is 32.1. The minimum atomic E-state index is -0.725. The molecule has 0 bridgehead atoms. The van der Waals surface area contributed by atoms with Gasteiger partial charge in [0.15, 0.2) is 0 Å². The first kappa shape index (κ1) is 30.8. The van der Waals surface area contributed by atoms with Gasteiger partial charge in [-0.25, -0.2) is 4.79 Å². The van der Waals surface area contributed by atoms with Crippen LogP contribution in [0.5, 0.6) is 0 Å². The molecule has 10 nitrogen and oxygen atoms in total. The lowest BCUT2D eigenvalue weighted by Gasteiger charge is -2.12. The predicted octanol–water partition coefficient (Wildman–Crippen LogP) is 0.447. The van der Waals surface area contributed by atoms with Gasteiger partial charge in [-0.15, -0.1) is 6.58 Å². The standard InChI is InChI=1S/C10H16N2O3.C5H10N2O.C5H11NOS/c1-3-5-8(12-7-13)9(14)10(15)11-6-4-2;1-4-3-6-5(8)7(4)2;1-4(2)5(3-7)6-8/h4,7-8H,2-3,5-6H2,1H3,(H,11,15)(H,12,13);4H,3H2,1-2H3,(H,6,8);3-6,8H,1-2H3. The van der Waals surface area contributed by atoms with E-state index >= 15 is 0 Å². The largest absolute Gasteiger partial charge is 0.348 e. The Morgan fingerprint density at radius 3 is 2.23 bits per heavy atom. The second-order valence-electron chi connectivity index (χ2n) is 7.17. The summed E-state index contributed by atoms with van der Waals surface area (Å²) in [5, 5.41) is 7.40. The van der Waals surface area contributed by atoms with Crippen LogP contribution in [0.25, 0.3) is 0 Å². The van der Waals surface area contributed by atoms with Gasteiger partial charge < -0.3 is 25.6 Å². The first-order valence-corrected chi connectivity index (χ1v) is 10.5.